The fraction of sp³-hybridized carbons (Fsp3) is 0.400. The van der Waals surface area contributed by atoms with Gasteiger partial charge in [0.2, 0.25) is 26.2 Å². The van der Waals surface area contributed by atoms with Crippen molar-refractivity contribution in [2.75, 3.05) is 0 Å². The summed E-state index contributed by atoms with van der Waals surface area (Å²) in [5.74, 6) is 0. The molecule has 0 aromatic heterocycles. The van der Waals surface area contributed by atoms with Crippen molar-refractivity contribution >= 4 is 66.9 Å². The van der Waals surface area contributed by atoms with E-state index in [4.69, 9.17) is 0 Å². The van der Waals surface area contributed by atoms with Gasteiger partial charge in [-0.2, -0.15) is 21.1 Å². The first-order valence-corrected chi connectivity index (χ1v) is 22.8. The smallest absolute Gasteiger partial charge is 0.227 e. The normalized spacial score (nSPS) is 11.3. The number of hydrogen-bond donors (Lipinski definition) is 0. The molecule has 43 heavy (non-hydrogen) atoms. The van der Waals surface area contributed by atoms with Crippen molar-refractivity contribution in [1.29, 1.82) is 0 Å². The standard InChI is InChI=1S/4C6H5.4C4H9.2Al.Mg/c4*1-2-4-6-5-3-1;4*1-3-4-2;;;/h4*1-5H;4*1,3-4H2,2H3;;;/q;;;;;;;;2*-1;+2. The zero-order valence-corrected chi connectivity index (χ0v) is 31.6. The average Bonchev–Trinajstić information content (AvgIpc) is 3.07. The molecule has 0 N–H and O–H groups in total. The molecule has 0 atom stereocenters. The minimum absolute atomic E-state index is 0. The van der Waals surface area contributed by atoms with Crippen molar-refractivity contribution in [2.45, 2.75) is 100 Å². The van der Waals surface area contributed by atoms with Gasteiger partial charge >= 0.3 is 23.1 Å². The van der Waals surface area contributed by atoms with Gasteiger partial charge in [-0.05, 0) is 0 Å². The van der Waals surface area contributed by atoms with E-state index in [1.165, 1.54) is 72.5 Å². The summed E-state index contributed by atoms with van der Waals surface area (Å²) in [5.41, 5.74) is 0. The van der Waals surface area contributed by atoms with Crippen LogP contribution in [0.25, 0.3) is 0 Å². The Hall–Kier alpha value is -1.29. The van der Waals surface area contributed by atoms with Crippen LogP contribution in [0, 0.1) is 0 Å². The van der Waals surface area contributed by atoms with Gasteiger partial charge in [0.05, 0.1) is 0 Å². The van der Waals surface area contributed by atoms with Gasteiger partial charge in [0.1, 0.15) is 0 Å². The summed E-state index contributed by atoms with van der Waals surface area (Å²) in [4.78, 5) is 0. The van der Waals surface area contributed by atoms with Crippen LogP contribution in [0.4, 0.5) is 0 Å². The van der Waals surface area contributed by atoms with E-state index in [1.807, 2.05) is 0 Å². The Labute approximate surface area is 286 Å². The second-order valence-corrected chi connectivity index (χ2v) is 22.7. The molecule has 0 unspecified atom stereocenters. The molecular weight excluding hydrogens is 559 g/mol. The van der Waals surface area contributed by atoms with Crippen LogP contribution < -0.4 is 17.7 Å². The molecule has 4 aromatic rings. The molecule has 0 aliphatic heterocycles. The summed E-state index contributed by atoms with van der Waals surface area (Å²) < 4.78 is 6.60. The minimum atomic E-state index is -1.95. The van der Waals surface area contributed by atoms with E-state index in [2.05, 4.69) is 149 Å². The van der Waals surface area contributed by atoms with Gasteiger partial charge in [-0.25, -0.2) is 17.7 Å². The molecular formula is C40H56Al2Mg. The Kier molecular flexibility index (Phi) is 18.9. The molecule has 0 saturated heterocycles. The van der Waals surface area contributed by atoms with Crippen molar-refractivity contribution in [3.63, 3.8) is 0 Å². The van der Waals surface area contributed by atoms with Crippen molar-refractivity contribution in [1.82, 2.24) is 0 Å². The summed E-state index contributed by atoms with van der Waals surface area (Å²) in [6, 6.07) is 45.6. The van der Waals surface area contributed by atoms with Crippen molar-refractivity contribution in [3.8, 4) is 0 Å². The summed E-state index contributed by atoms with van der Waals surface area (Å²) >= 11 is -3.89. The monoisotopic (exact) mass is 614 g/mol. The van der Waals surface area contributed by atoms with Crippen LogP contribution in [0.15, 0.2) is 121 Å². The van der Waals surface area contributed by atoms with E-state index >= 15 is 0 Å². The predicted molar refractivity (Wildman–Crippen MR) is 200 cm³/mol. The molecule has 4 rings (SSSR count). The predicted octanol–water partition coefficient (Wildman–Crippen LogP) is 9.32. The Morgan fingerprint density at radius 2 is 0.512 bits per heavy atom. The molecule has 0 bridgehead atoms. The fourth-order valence-corrected chi connectivity index (χ4v) is 19.8. The molecule has 0 nitrogen and oxygen atoms in total. The summed E-state index contributed by atoms with van der Waals surface area (Å²) in [6.07, 6.45) is 10.6. The van der Waals surface area contributed by atoms with Crippen LogP contribution in [0.5, 0.6) is 0 Å². The average molecular weight is 615 g/mol. The first kappa shape index (κ1) is 37.9. The molecule has 0 amide bonds. The largest absolute Gasteiger partial charge is 2.00 e. The second-order valence-electron chi connectivity index (χ2n) is 12.7. The van der Waals surface area contributed by atoms with E-state index in [1.54, 1.807) is 17.7 Å². The van der Waals surface area contributed by atoms with Gasteiger partial charge in [-0.15, -0.1) is 48.5 Å². The first-order valence-electron chi connectivity index (χ1n) is 17.3. The maximum atomic E-state index is 2.39. The summed E-state index contributed by atoms with van der Waals surface area (Å²) in [5, 5.41) is 5.66. The van der Waals surface area contributed by atoms with Gasteiger partial charge in [-0.1, -0.05) is 152 Å². The maximum absolute atomic E-state index is 2.39. The van der Waals surface area contributed by atoms with Gasteiger partial charge in [0.25, 0.3) is 0 Å². The fourth-order valence-electron chi connectivity index (χ4n) is 7.50. The van der Waals surface area contributed by atoms with Crippen LogP contribution in [0.3, 0.4) is 0 Å². The summed E-state index contributed by atoms with van der Waals surface area (Å²) in [7, 11) is 0. The third-order valence-electron chi connectivity index (χ3n) is 9.95. The van der Waals surface area contributed by atoms with E-state index in [-0.39, 0.29) is 23.1 Å². The van der Waals surface area contributed by atoms with Gasteiger partial charge in [-0.3, -0.25) is 0 Å². The number of unbranched alkanes of at least 4 members (excludes halogenated alkanes) is 4. The topological polar surface area (TPSA) is 0 Å². The molecule has 3 heteroatoms. The van der Waals surface area contributed by atoms with E-state index in [9.17, 15) is 0 Å². The Bertz CT molecular complexity index is 1010. The van der Waals surface area contributed by atoms with E-state index in [0.717, 1.165) is 0 Å². The molecule has 0 aliphatic rings. The van der Waals surface area contributed by atoms with Crippen LogP contribution in [0.1, 0.15) is 79.1 Å². The SMILES string of the molecule is CCC[CH2][Al-]([CH2]CCC)([c]1ccccc1)[c]1ccccc1.CCC[CH2][Al-]([CH2]CCC)([c]1ccccc1)[c]1ccccc1.[Mg+2]. The first-order chi connectivity index (χ1) is 20.7. The van der Waals surface area contributed by atoms with Gasteiger partial charge < -0.3 is 0 Å². The quantitative estimate of drug-likeness (QED) is 0.110. The van der Waals surface area contributed by atoms with Crippen LogP contribution in [-0.4, -0.2) is 49.2 Å². The van der Waals surface area contributed by atoms with Crippen LogP contribution in [-0.2, 0) is 0 Å². The van der Waals surface area contributed by atoms with Crippen molar-refractivity contribution < 1.29 is 0 Å². The van der Waals surface area contributed by atoms with Crippen molar-refractivity contribution in [2.24, 2.45) is 0 Å². The number of rotatable bonds is 16. The van der Waals surface area contributed by atoms with E-state index in [0.29, 0.717) is 0 Å². The zero-order valence-electron chi connectivity index (χ0n) is 27.9. The minimum Gasteiger partial charge on any atom is -0.227 e. The molecule has 224 valence electrons. The Morgan fingerprint density at radius 3 is 0.674 bits per heavy atom. The second kappa shape index (κ2) is 21.4. The third-order valence-corrected chi connectivity index (χ3v) is 22.2. The Morgan fingerprint density at radius 1 is 0.326 bits per heavy atom. The molecule has 0 aliphatic carbocycles. The van der Waals surface area contributed by atoms with Gasteiger partial charge in [0.15, 0.2) is 0 Å². The third kappa shape index (κ3) is 10.9. The van der Waals surface area contributed by atoms with Crippen LogP contribution in [0.2, 0.25) is 21.1 Å². The van der Waals surface area contributed by atoms with E-state index < -0.39 is 26.2 Å². The van der Waals surface area contributed by atoms with Gasteiger partial charge in [0, 0.05) is 0 Å². The molecule has 4 aromatic carbocycles. The van der Waals surface area contributed by atoms with Crippen molar-refractivity contribution in [3.05, 3.63) is 121 Å². The number of hydrogen-bond acceptors (Lipinski definition) is 0. The Balaban J connectivity index is 0.000000293. The molecule has 0 saturated carbocycles. The zero-order chi connectivity index (χ0) is 29.9. The number of benzene rings is 4. The summed E-state index contributed by atoms with van der Waals surface area (Å²) in [6.45, 7) is 9.28. The van der Waals surface area contributed by atoms with Crippen LogP contribution >= 0.6 is 0 Å². The molecule has 0 radical (unpaired) electrons. The molecule has 0 spiro atoms. The molecule has 0 fully saturated rings. The maximum Gasteiger partial charge on any atom is 2.00 e. The molecule has 0 heterocycles.